The van der Waals surface area contributed by atoms with Crippen molar-refractivity contribution in [1.29, 1.82) is 0 Å². The molecule has 0 spiro atoms. The molecule has 17 heavy (non-hydrogen) atoms. The third kappa shape index (κ3) is 2.82. The molecule has 0 saturated carbocycles. The molecule has 94 valence electrons. The van der Waals surface area contributed by atoms with Crippen molar-refractivity contribution in [3.8, 4) is 0 Å². The van der Waals surface area contributed by atoms with Crippen molar-refractivity contribution in [2.75, 3.05) is 13.7 Å². The highest BCUT2D eigenvalue weighted by Gasteiger charge is 2.31. The van der Waals surface area contributed by atoms with E-state index in [0.29, 0.717) is 6.61 Å². The van der Waals surface area contributed by atoms with E-state index < -0.39 is 0 Å². The van der Waals surface area contributed by atoms with Gasteiger partial charge in [0, 0.05) is 37.0 Å². The third-order valence-corrected chi connectivity index (χ3v) is 3.30. The first-order valence-electron chi connectivity index (χ1n) is 6.11. The molecule has 2 N–H and O–H groups in total. The normalized spacial score (nSPS) is 22.2. The second-order valence-corrected chi connectivity index (χ2v) is 5.58. The van der Waals surface area contributed by atoms with Gasteiger partial charge in [0.2, 0.25) is 0 Å². The Morgan fingerprint density at radius 3 is 3.00 bits per heavy atom. The van der Waals surface area contributed by atoms with Gasteiger partial charge in [-0.1, -0.05) is 13.8 Å². The summed E-state index contributed by atoms with van der Waals surface area (Å²) in [4.78, 5) is 8.98. The van der Waals surface area contributed by atoms with Crippen LogP contribution in [-0.2, 0) is 17.6 Å². The summed E-state index contributed by atoms with van der Waals surface area (Å²) in [5.74, 6) is 0.857. The highest BCUT2D eigenvalue weighted by molar-refractivity contribution is 5.26. The molecule has 0 fully saturated rings. The van der Waals surface area contributed by atoms with Crippen LogP contribution in [0.3, 0.4) is 0 Å². The standard InChI is InChI=1S/C13H21N3O/c1-13(2)6-10(14)9-8-15-12(4-5-17-3)16-11(9)7-13/h8,10H,4-7,14H2,1-3H3. The maximum Gasteiger partial charge on any atom is 0.130 e. The van der Waals surface area contributed by atoms with E-state index in [9.17, 15) is 0 Å². The summed E-state index contributed by atoms with van der Waals surface area (Å²) in [6.45, 7) is 5.15. The Kier molecular flexibility index (Phi) is 3.45. The Morgan fingerprint density at radius 2 is 2.29 bits per heavy atom. The van der Waals surface area contributed by atoms with Gasteiger partial charge in [0.15, 0.2) is 0 Å². The first kappa shape index (κ1) is 12.5. The molecular formula is C13H21N3O. The number of rotatable bonds is 3. The number of ether oxygens (including phenoxy) is 1. The maximum atomic E-state index is 6.17. The van der Waals surface area contributed by atoms with Crippen LogP contribution in [0.25, 0.3) is 0 Å². The molecular weight excluding hydrogens is 214 g/mol. The predicted octanol–water partition coefficient (Wildman–Crippen LogP) is 1.64. The van der Waals surface area contributed by atoms with E-state index in [0.717, 1.165) is 36.3 Å². The molecule has 4 heteroatoms. The zero-order chi connectivity index (χ0) is 12.5. The number of hydrogen-bond donors (Lipinski definition) is 1. The van der Waals surface area contributed by atoms with Crippen LogP contribution in [0.15, 0.2) is 6.20 Å². The van der Waals surface area contributed by atoms with Gasteiger partial charge in [-0.05, 0) is 18.3 Å². The van der Waals surface area contributed by atoms with Gasteiger partial charge in [-0.3, -0.25) is 0 Å². The van der Waals surface area contributed by atoms with Crippen molar-refractivity contribution in [3.63, 3.8) is 0 Å². The highest BCUT2D eigenvalue weighted by Crippen LogP contribution is 2.38. The van der Waals surface area contributed by atoms with E-state index in [1.54, 1.807) is 7.11 Å². The summed E-state index contributed by atoms with van der Waals surface area (Å²) >= 11 is 0. The van der Waals surface area contributed by atoms with Crippen molar-refractivity contribution < 1.29 is 4.74 Å². The fourth-order valence-corrected chi connectivity index (χ4v) is 2.46. The first-order valence-corrected chi connectivity index (χ1v) is 6.11. The van der Waals surface area contributed by atoms with Crippen molar-refractivity contribution in [2.45, 2.75) is 39.2 Å². The lowest BCUT2D eigenvalue weighted by molar-refractivity contribution is 0.200. The molecule has 0 saturated heterocycles. The Bertz CT molecular complexity index is 404. The Hall–Kier alpha value is -1.00. The second-order valence-electron chi connectivity index (χ2n) is 5.58. The summed E-state index contributed by atoms with van der Waals surface area (Å²) in [6.07, 6.45) is 4.64. The Morgan fingerprint density at radius 1 is 1.53 bits per heavy atom. The fraction of sp³-hybridized carbons (Fsp3) is 0.692. The summed E-state index contributed by atoms with van der Waals surface area (Å²) < 4.78 is 5.05. The van der Waals surface area contributed by atoms with Crippen LogP contribution >= 0.6 is 0 Å². The van der Waals surface area contributed by atoms with Crippen LogP contribution in [0, 0.1) is 5.41 Å². The van der Waals surface area contributed by atoms with Crippen molar-refractivity contribution in [2.24, 2.45) is 11.1 Å². The van der Waals surface area contributed by atoms with Crippen LogP contribution in [0.2, 0.25) is 0 Å². The van der Waals surface area contributed by atoms with Gasteiger partial charge in [-0.2, -0.15) is 0 Å². The van der Waals surface area contributed by atoms with Crippen LogP contribution < -0.4 is 5.73 Å². The zero-order valence-corrected chi connectivity index (χ0v) is 10.9. The lowest BCUT2D eigenvalue weighted by atomic mass is 9.74. The molecule has 2 rings (SSSR count). The van der Waals surface area contributed by atoms with E-state index in [4.69, 9.17) is 10.5 Å². The van der Waals surface area contributed by atoms with Crippen LogP contribution in [0.5, 0.6) is 0 Å². The predicted molar refractivity (Wildman–Crippen MR) is 66.6 cm³/mol. The molecule has 0 bridgehead atoms. The van der Waals surface area contributed by atoms with Gasteiger partial charge in [-0.15, -0.1) is 0 Å². The van der Waals surface area contributed by atoms with Crippen LogP contribution in [-0.4, -0.2) is 23.7 Å². The number of methoxy groups -OCH3 is 1. The molecule has 1 aliphatic carbocycles. The molecule has 0 aromatic carbocycles. The fourth-order valence-electron chi connectivity index (χ4n) is 2.46. The quantitative estimate of drug-likeness (QED) is 0.865. The monoisotopic (exact) mass is 235 g/mol. The molecule has 1 atom stereocenters. The second kappa shape index (κ2) is 4.70. The zero-order valence-electron chi connectivity index (χ0n) is 10.9. The maximum absolute atomic E-state index is 6.17. The number of nitrogens with two attached hydrogens (primary N) is 1. The minimum Gasteiger partial charge on any atom is -0.384 e. The van der Waals surface area contributed by atoms with E-state index in [1.807, 2.05) is 6.20 Å². The Labute approximate surface area is 103 Å². The Balaban J connectivity index is 2.25. The van der Waals surface area contributed by atoms with Crippen LogP contribution in [0.1, 0.15) is 43.4 Å². The summed E-state index contributed by atoms with van der Waals surface area (Å²) in [6, 6.07) is 0.0743. The van der Waals surface area contributed by atoms with Crippen LogP contribution in [0.4, 0.5) is 0 Å². The van der Waals surface area contributed by atoms with Gasteiger partial charge in [0.05, 0.1) is 6.61 Å². The van der Waals surface area contributed by atoms with Gasteiger partial charge in [0.25, 0.3) is 0 Å². The lowest BCUT2D eigenvalue weighted by Crippen LogP contribution is -2.31. The molecule has 1 aromatic heterocycles. The average molecular weight is 235 g/mol. The molecule has 0 radical (unpaired) electrons. The molecule has 1 heterocycles. The van der Waals surface area contributed by atoms with E-state index in [1.165, 1.54) is 0 Å². The van der Waals surface area contributed by atoms with E-state index in [-0.39, 0.29) is 11.5 Å². The number of fused-ring (bicyclic) bond motifs is 1. The molecule has 1 aromatic rings. The SMILES string of the molecule is COCCc1ncc2c(n1)CC(C)(C)CC2N. The summed E-state index contributed by atoms with van der Waals surface area (Å²) in [5, 5.41) is 0. The van der Waals surface area contributed by atoms with Gasteiger partial charge < -0.3 is 10.5 Å². The van der Waals surface area contributed by atoms with Crippen molar-refractivity contribution in [3.05, 3.63) is 23.3 Å². The first-order chi connectivity index (χ1) is 8.02. The molecule has 4 nitrogen and oxygen atoms in total. The van der Waals surface area contributed by atoms with Gasteiger partial charge in [-0.25, -0.2) is 9.97 Å². The topological polar surface area (TPSA) is 61.0 Å². The highest BCUT2D eigenvalue weighted by atomic mass is 16.5. The van der Waals surface area contributed by atoms with Crippen molar-refractivity contribution >= 4 is 0 Å². The molecule has 1 aliphatic rings. The van der Waals surface area contributed by atoms with E-state index >= 15 is 0 Å². The molecule has 0 aliphatic heterocycles. The van der Waals surface area contributed by atoms with Gasteiger partial charge >= 0.3 is 0 Å². The minimum absolute atomic E-state index is 0.0743. The number of aromatic nitrogens is 2. The van der Waals surface area contributed by atoms with Gasteiger partial charge in [0.1, 0.15) is 5.82 Å². The number of nitrogens with zero attached hydrogens (tertiary/aromatic N) is 2. The molecule has 1 unspecified atom stereocenters. The van der Waals surface area contributed by atoms with Crippen molar-refractivity contribution in [1.82, 2.24) is 9.97 Å². The number of hydrogen-bond acceptors (Lipinski definition) is 4. The summed E-state index contributed by atoms with van der Waals surface area (Å²) in [5.41, 5.74) is 8.64. The average Bonchev–Trinajstić information content (AvgIpc) is 2.24. The smallest absolute Gasteiger partial charge is 0.130 e. The largest absolute Gasteiger partial charge is 0.384 e. The van der Waals surface area contributed by atoms with E-state index in [2.05, 4.69) is 23.8 Å². The third-order valence-electron chi connectivity index (χ3n) is 3.30. The molecule has 0 amide bonds. The summed E-state index contributed by atoms with van der Waals surface area (Å²) in [7, 11) is 1.69. The minimum atomic E-state index is 0.0743. The lowest BCUT2D eigenvalue weighted by Gasteiger charge is -2.34.